The van der Waals surface area contributed by atoms with Crippen molar-refractivity contribution < 1.29 is 4.79 Å². The normalized spacial score (nSPS) is 11.2. The van der Waals surface area contributed by atoms with Gasteiger partial charge < -0.3 is 5.32 Å². The first kappa shape index (κ1) is 19.9. The molecule has 2 aromatic carbocycles. The molecule has 0 aliphatic heterocycles. The second-order valence-corrected chi connectivity index (χ2v) is 9.26. The van der Waals surface area contributed by atoms with Gasteiger partial charge in [-0.1, -0.05) is 42.0 Å². The maximum Gasteiger partial charge on any atom is 0.256 e. The highest BCUT2D eigenvalue weighted by Gasteiger charge is 2.17. The fourth-order valence-corrected chi connectivity index (χ4v) is 5.00. The number of halogens is 1. The van der Waals surface area contributed by atoms with Crippen molar-refractivity contribution in [3.8, 4) is 5.13 Å². The van der Waals surface area contributed by atoms with Crippen LogP contribution in [-0.2, 0) is 0 Å². The van der Waals surface area contributed by atoms with Crippen molar-refractivity contribution in [2.45, 2.75) is 25.7 Å². The van der Waals surface area contributed by atoms with Gasteiger partial charge in [-0.2, -0.15) is 9.78 Å². The van der Waals surface area contributed by atoms with Crippen LogP contribution in [0.2, 0.25) is 5.02 Å². The standard InChI is InChI=1S/C21H19ClN4OS2/c1-4-28-15-7-5-6-14(11-15)20(27)23-17-10-13(3)25-26(17)21-24-18-12(2)8-9-16(22)19(18)29-21/h5-11H,4H2,1-3H3,(H,23,27). The molecule has 0 bridgehead atoms. The van der Waals surface area contributed by atoms with Crippen molar-refractivity contribution >= 4 is 56.6 Å². The summed E-state index contributed by atoms with van der Waals surface area (Å²) in [7, 11) is 0. The van der Waals surface area contributed by atoms with Crippen molar-refractivity contribution in [2.75, 3.05) is 11.1 Å². The van der Waals surface area contributed by atoms with E-state index in [1.165, 1.54) is 11.3 Å². The SMILES string of the molecule is CCSc1cccc(C(=O)Nc2cc(C)nn2-c2nc3c(C)ccc(Cl)c3s2)c1. The van der Waals surface area contributed by atoms with Gasteiger partial charge in [0, 0.05) is 16.5 Å². The van der Waals surface area contributed by atoms with E-state index in [-0.39, 0.29) is 5.91 Å². The smallest absolute Gasteiger partial charge is 0.256 e. The van der Waals surface area contributed by atoms with E-state index < -0.39 is 0 Å². The lowest BCUT2D eigenvalue weighted by molar-refractivity contribution is 0.102. The Kier molecular flexibility index (Phi) is 5.63. The van der Waals surface area contributed by atoms with E-state index in [0.717, 1.165) is 32.1 Å². The van der Waals surface area contributed by atoms with E-state index in [9.17, 15) is 4.79 Å². The Morgan fingerprint density at radius 3 is 2.83 bits per heavy atom. The average molecular weight is 443 g/mol. The zero-order chi connectivity index (χ0) is 20.5. The molecule has 1 N–H and O–H groups in total. The summed E-state index contributed by atoms with van der Waals surface area (Å²) in [6.07, 6.45) is 0. The molecule has 0 atom stereocenters. The Bertz CT molecular complexity index is 1180. The number of benzene rings is 2. The molecular formula is C21H19ClN4OS2. The number of carbonyl (C=O) groups excluding carboxylic acids is 1. The number of nitrogens with zero attached hydrogens (tertiary/aromatic N) is 3. The van der Waals surface area contributed by atoms with E-state index in [1.807, 2.05) is 56.3 Å². The van der Waals surface area contributed by atoms with Crippen LogP contribution in [0.4, 0.5) is 5.82 Å². The summed E-state index contributed by atoms with van der Waals surface area (Å²) in [5.41, 5.74) is 3.30. The van der Waals surface area contributed by atoms with Gasteiger partial charge in [0.05, 0.1) is 20.9 Å². The fraction of sp³-hybridized carbons (Fsp3) is 0.190. The van der Waals surface area contributed by atoms with Gasteiger partial charge in [0.15, 0.2) is 0 Å². The highest BCUT2D eigenvalue weighted by molar-refractivity contribution is 7.99. The Hall–Kier alpha value is -2.35. The first-order chi connectivity index (χ1) is 14.0. The van der Waals surface area contributed by atoms with Crippen molar-refractivity contribution in [2.24, 2.45) is 0 Å². The first-order valence-electron chi connectivity index (χ1n) is 9.13. The largest absolute Gasteiger partial charge is 0.306 e. The maximum atomic E-state index is 12.8. The maximum absolute atomic E-state index is 12.8. The van der Waals surface area contributed by atoms with E-state index in [2.05, 4.69) is 17.3 Å². The molecule has 2 aromatic heterocycles. The molecule has 0 spiro atoms. The zero-order valence-electron chi connectivity index (χ0n) is 16.2. The van der Waals surface area contributed by atoms with Crippen LogP contribution in [0.5, 0.6) is 0 Å². The van der Waals surface area contributed by atoms with Gasteiger partial charge in [-0.25, -0.2) is 4.98 Å². The monoisotopic (exact) mass is 442 g/mol. The Morgan fingerprint density at radius 2 is 2.07 bits per heavy atom. The highest BCUT2D eigenvalue weighted by atomic mass is 35.5. The molecule has 1 amide bonds. The molecule has 4 aromatic rings. The first-order valence-corrected chi connectivity index (χ1v) is 11.3. The minimum atomic E-state index is -0.181. The number of aryl methyl sites for hydroxylation is 2. The molecule has 0 fully saturated rings. The van der Waals surface area contributed by atoms with Crippen LogP contribution < -0.4 is 5.32 Å². The summed E-state index contributed by atoms with van der Waals surface area (Å²) >= 11 is 9.51. The van der Waals surface area contributed by atoms with Gasteiger partial charge in [0.1, 0.15) is 5.82 Å². The lowest BCUT2D eigenvalue weighted by atomic mass is 10.2. The van der Waals surface area contributed by atoms with Crippen LogP contribution in [0.15, 0.2) is 47.4 Å². The second-order valence-electron chi connectivity index (χ2n) is 6.54. The van der Waals surface area contributed by atoms with Crippen molar-refractivity contribution in [3.63, 3.8) is 0 Å². The number of fused-ring (bicyclic) bond motifs is 1. The van der Waals surface area contributed by atoms with E-state index in [1.54, 1.807) is 16.4 Å². The Balaban J connectivity index is 1.69. The van der Waals surface area contributed by atoms with Gasteiger partial charge in [-0.05, 0) is 49.4 Å². The highest BCUT2D eigenvalue weighted by Crippen LogP contribution is 2.34. The summed E-state index contributed by atoms with van der Waals surface area (Å²) in [4.78, 5) is 18.6. The summed E-state index contributed by atoms with van der Waals surface area (Å²) in [6, 6.07) is 13.3. The minimum absolute atomic E-state index is 0.181. The molecule has 0 saturated carbocycles. The third kappa shape index (κ3) is 4.03. The predicted octanol–water partition coefficient (Wildman–Crippen LogP) is 6.12. The number of rotatable bonds is 5. The number of thioether (sulfide) groups is 1. The van der Waals surface area contributed by atoms with Gasteiger partial charge in [-0.3, -0.25) is 4.79 Å². The molecule has 4 rings (SSSR count). The van der Waals surface area contributed by atoms with Gasteiger partial charge in [-0.15, -0.1) is 11.8 Å². The molecule has 8 heteroatoms. The zero-order valence-corrected chi connectivity index (χ0v) is 18.6. The van der Waals surface area contributed by atoms with Crippen molar-refractivity contribution in [3.05, 3.63) is 64.3 Å². The number of carbonyl (C=O) groups is 1. The third-order valence-corrected chi connectivity index (χ3v) is 6.71. The fourth-order valence-electron chi connectivity index (χ4n) is 3.00. The number of nitrogens with one attached hydrogen (secondary N) is 1. The quantitative estimate of drug-likeness (QED) is 0.378. The molecule has 5 nitrogen and oxygen atoms in total. The van der Waals surface area contributed by atoms with Gasteiger partial charge >= 0.3 is 0 Å². The molecule has 0 saturated heterocycles. The molecule has 0 aliphatic carbocycles. The lowest BCUT2D eigenvalue weighted by Gasteiger charge is -2.07. The number of hydrogen-bond acceptors (Lipinski definition) is 5. The van der Waals surface area contributed by atoms with Gasteiger partial charge in [0.25, 0.3) is 5.91 Å². The molecular weight excluding hydrogens is 424 g/mol. The summed E-state index contributed by atoms with van der Waals surface area (Å²) in [5.74, 6) is 1.35. The predicted molar refractivity (Wildman–Crippen MR) is 122 cm³/mol. The van der Waals surface area contributed by atoms with E-state index in [0.29, 0.717) is 21.5 Å². The molecule has 0 aliphatic rings. The van der Waals surface area contributed by atoms with Crippen LogP contribution in [0, 0.1) is 13.8 Å². The number of anilines is 1. The Labute approximate surface area is 182 Å². The number of hydrogen-bond donors (Lipinski definition) is 1. The molecule has 0 radical (unpaired) electrons. The number of thiazole rings is 1. The van der Waals surface area contributed by atoms with Crippen molar-refractivity contribution in [1.82, 2.24) is 14.8 Å². The molecule has 2 heterocycles. The van der Waals surface area contributed by atoms with Crippen LogP contribution in [-0.4, -0.2) is 26.4 Å². The summed E-state index contributed by atoms with van der Waals surface area (Å²) < 4.78 is 2.58. The minimum Gasteiger partial charge on any atom is -0.306 e. The average Bonchev–Trinajstić information content (AvgIpc) is 3.30. The summed E-state index contributed by atoms with van der Waals surface area (Å²) in [5, 5.41) is 8.83. The number of aromatic nitrogens is 3. The van der Waals surface area contributed by atoms with E-state index >= 15 is 0 Å². The van der Waals surface area contributed by atoms with Crippen molar-refractivity contribution in [1.29, 1.82) is 0 Å². The molecule has 29 heavy (non-hydrogen) atoms. The van der Waals surface area contributed by atoms with Crippen LogP contribution >= 0.6 is 34.7 Å². The number of amides is 1. The van der Waals surface area contributed by atoms with Crippen LogP contribution in [0.3, 0.4) is 0 Å². The second kappa shape index (κ2) is 8.18. The third-order valence-electron chi connectivity index (χ3n) is 4.35. The molecule has 148 valence electrons. The van der Waals surface area contributed by atoms with Crippen LogP contribution in [0.1, 0.15) is 28.5 Å². The molecule has 0 unspecified atom stereocenters. The van der Waals surface area contributed by atoms with Gasteiger partial charge in [0.2, 0.25) is 5.13 Å². The lowest BCUT2D eigenvalue weighted by Crippen LogP contribution is -2.15. The van der Waals surface area contributed by atoms with E-state index in [4.69, 9.17) is 16.6 Å². The van der Waals surface area contributed by atoms with Crippen LogP contribution in [0.25, 0.3) is 15.3 Å². The summed E-state index contributed by atoms with van der Waals surface area (Å²) in [6.45, 7) is 5.97. The Morgan fingerprint density at radius 1 is 1.24 bits per heavy atom. The topological polar surface area (TPSA) is 59.8 Å².